The molecule has 1 rings (SSSR count). The van der Waals surface area contributed by atoms with Crippen LogP contribution in [0, 0.1) is 10.1 Å². The average Bonchev–Trinajstić information content (AvgIpc) is 2.34. The summed E-state index contributed by atoms with van der Waals surface area (Å²) >= 11 is 6.47. The molecule has 1 aromatic rings. The molecule has 0 spiro atoms. The molecule has 0 radical (unpaired) electrons. The summed E-state index contributed by atoms with van der Waals surface area (Å²) in [4.78, 5) is 22.0. The first kappa shape index (κ1) is 15.3. The molecule has 98 valence electrons. The van der Waals surface area contributed by atoms with E-state index in [0.717, 1.165) is 11.8 Å². The highest BCUT2D eigenvalue weighted by atomic mass is 79.9. The van der Waals surface area contributed by atoms with Gasteiger partial charge < -0.3 is 0 Å². The van der Waals surface area contributed by atoms with Gasteiger partial charge in [-0.15, -0.1) is 0 Å². The van der Waals surface area contributed by atoms with Crippen molar-refractivity contribution < 1.29 is 9.72 Å². The van der Waals surface area contributed by atoms with Gasteiger partial charge in [-0.3, -0.25) is 14.9 Å². The summed E-state index contributed by atoms with van der Waals surface area (Å²) in [7, 11) is 0. The number of Topliss-reactive ketones (excluding diaryl/α,β-unsaturated/α-hetero) is 1. The Kier molecular flexibility index (Phi) is 6.49. The van der Waals surface area contributed by atoms with E-state index in [1.165, 1.54) is 6.07 Å². The number of ketones is 1. The predicted molar refractivity (Wildman–Crippen MR) is 77.2 cm³/mol. The van der Waals surface area contributed by atoms with Crippen molar-refractivity contribution in [2.45, 2.75) is 25.7 Å². The molecule has 0 amide bonds. The van der Waals surface area contributed by atoms with E-state index in [0.29, 0.717) is 29.3 Å². The van der Waals surface area contributed by atoms with Crippen molar-refractivity contribution in [2.24, 2.45) is 0 Å². The minimum Gasteiger partial charge on any atom is -0.300 e. The van der Waals surface area contributed by atoms with Crippen LogP contribution in [-0.4, -0.2) is 16.0 Å². The van der Waals surface area contributed by atoms with Crippen molar-refractivity contribution in [3.8, 4) is 0 Å². The normalized spacial score (nSPS) is 10.3. The summed E-state index contributed by atoms with van der Waals surface area (Å²) in [5.74, 6) is 0.145. The molecule has 0 aliphatic rings. The largest absolute Gasteiger partial charge is 0.300 e. The van der Waals surface area contributed by atoms with Gasteiger partial charge in [-0.05, 0) is 18.9 Å². The number of aryl methyl sites for hydroxylation is 1. The first-order chi connectivity index (χ1) is 8.54. The molecule has 0 aliphatic carbocycles. The maximum Gasteiger partial charge on any atom is 0.273 e. The van der Waals surface area contributed by atoms with Crippen molar-refractivity contribution in [3.63, 3.8) is 0 Å². The third kappa shape index (κ3) is 4.86. The number of benzene rings is 1. The lowest BCUT2D eigenvalue weighted by Gasteiger charge is -2.03. The van der Waals surface area contributed by atoms with Crippen LogP contribution in [0.4, 0.5) is 5.69 Å². The van der Waals surface area contributed by atoms with Crippen LogP contribution in [0.5, 0.6) is 0 Å². The highest BCUT2D eigenvalue weighted by Gasteiger charge is 2.14. The van der Waals surface area contributed by atoms with Gasteiger partial charge in [0, 0.05) is 34.3 Å². The molecule has 4 nitrogen and oxygen atoms in total. The standard InChI is InChI=1S/C12H13Br2NO3/c13-7-1-2-11(16)6-4-9-3-5-10(14)8-12(9)15(17)18/h3,5,8H,1-2,4,6-7H2. The Balaban J connectivity index is 2.67. The first-order valence-corrected chi connectivity index (χ1v) is 7.46. The highest BCUT2D eigenvalue weighted by Crippen LogP contribution is 2.24. The van der Waals surface area contributed by atoms with Crippen LogP contribution in [0.1, 0.15) is 24.8 Å². The number of carbonyl (C=O) groups is 1. The van der Waals surface area contributed by atoms with Crippen LogP contribution in [0.25, 0.3) is 0 Å². The second kappa shape index (κ2) is 7.63. The fraction of sp³-hybridized carbons (Fsp3) is 0.417. The van der Waals surface area contributed by atoms with Gasteiger partial charge in [0.2, 0.25) is 0 Å². The van der Waals surface area contributed by atoms with Crippen LogP contribution in [0.15, 0.2) is 22.7 Å². The van der Waals surface area contributed by atoms with Crippen molar-refractivity contribution in [2.75, 3.05) is 5.33 Å². The summed E-state index contributed by atoms with van der Waals surface area (Å²) in [6, 6.07) is 4.92. The summed E-state index contributed by atoms with van der Waals surface area (Å²) in [6.45, 7) is 0. The van der Waals surface area contributed by atoms with Gasteiger partial charge in [-0.1, -0.05) is 37.9 Å². The fourth-order valence-electron chi connectivity index (χ4n) is 1.58. The number of rotatable bonds is 7. The molecule has 0 aliphatic heterocycles. The van der Waals surface area contributed by atoms with Crippen LogP contribution >= 0.6 is 31.9 Å². The second-order valence-corrected chi connectivity index (χ2v) is 5.57. The molecule has 0 heterocycles. The van der Waals surface area contributed by atoms with E-state index in [2.05, 4.69) is 31.9 Å². The maximum absolute atomic E-state index is 11.5. The van der Waals surface area contributed by atoms with Gasteiger partial charge in [0.15, 0.2) is 0 Å². The zero-order chi connectivity index (χ0) is 13.5. The van der Waals surface area contributed by atoms with Crippen molar-refractivity contribution >= 4 is 43.3 Å². The SMILES string of the molecule is O=C(CCCBr)CCc1ccc(Br)cc1[N+](=O)[O-]. The molecular weight excluding hydrogens is 366 g/mol. The smallest absolute Gasteiger partial charge is 0.273 e. The van der Waals surface area contributed by atoms with Gasteiger partial charge in [-0.2, -0.15) is 0 Å². The highest BCUT2D eigenvalue weighted by molar-refractivity contribution is 9.10. The van der Waals surface area contributed by atoms with Crippen LogP contribution in [0.3, 0.4) is 0 Å². The van der Waals surface area contributed by atoms with Crippen molar-refractivity contribution in [1.29, 1.82) is 0 Å². The number of carbonyl (C=O) groups excluding carboxylic acids is 1. The number of halogens is 2. The number of hydrogen-bond donors (Lipinski definition) is 0. The lowest BCUT2D eigenvalue weighted by Crippen LogP contribution is -2.02. The van der Waals surface area contributed by atoms with E-state index < -0.39 is 4.92 Å². The molecule has 0 N–H and O–H groups in total. The Morgan fingerprint density at radius 3 is 2.67 bits per heavy atom. The van der Waals surface area contributed by atoms with Gasteiger partial charge in [0.1, 0.15) is 5.78 Å². The topological polar surface area (TPSA) is 60.2 Å². The number of nitro groups is 1. The van der Waals surface area contributed by atoms with Crippen LogP contribution < -0.4 is 0 Å². The average molecular weight is 379 g/mol. The Morgan fingerprint density at radius 2 is 2.06 bits per heavy atom. The van der Waals surface area contributed by atoms with Crippen molar-refractivity contribution in [1.82, 2.24) is 0 Å². The molecule has 0 aromatic heterocycles. The van der Waals surface area contributed by atoms with E-state index in [1.807, 2.05) is 0 Å². The van der Waals surface area contributed by atoms with E-state index in [-0.39, 0.29) is 11.5 Å². The molecule has 1 aromatic carbocycles. The molecule has 0 saturated carbocycles. The molecule has 0 unspecified atom stereocenters. The lowest BCUT2D eigenvalue weighted by atomic mass is 10.0. The predicted octanol–water partition coefficient (Wildman–Crippen LogP) is 4.03. The molecular formula is C12H13Br2NO3. The summed E-state index contributed by atoms with van der Waals surface area (Å²) in [5, 5.41) is 11.7. The number of nitrogens with zero attached hydrogens (tertiary/aromatic N) is 1. The Morgan fingerprint density at radius 1 is 1.33 bits per heavy atom. The first-order valence-electron chi connectivity index (χ1n) is 5.55. The molecule has 0 bridgehead atoms. The van der Waals surface area contributed by atoms with Gasteiger partial charge in [-0.25, -0.2) is 0 Å². The Bertz CT molecular complexity index is 449. The Labute approximate surface area is 122 Å². The van der Waals surface area contributed by atoms with Crippen LogP contribution in [-0.2, 0) is 11.2 Å². The zero-order valence-corrected chi connectivity index (χ0v) is 12.9. The summed E-state index contributed by atoms with van der Waals surface area (Å²) < 4.78 is 0.670. The van der Waals surface area contributed by atoms with E-state index in [9.17, 15) is 14.9 Å². The maximum atomic E-state index is 11.5. The summed E-state index contributed by atoms with van der Waals surface area (Å²) in [6.07, 6.45) is 2.11. The van der Waals surface area contributed by atoms with Gasteiger partial charge >= 0.3 is 0 Å². The molecule has 0 atom stereocenters. The lowest BCUT2D eigenvalue weighted by molar-refractivity contribution is -0.385. The van der Waals surface area contributed by atoms with Crippen molar-refractivity contribution in [3.05, 3.63) is 38.3 Å². The summed E-state index contributed by atoms with van der Waals surface area (Å²) in [5.41, 5.74) is 0.674. The van der Waals surface area contributed by atoms with Gasteiger partial charge in [0.05, 0.1) is 4.92 Å². The third-order valence-electron chi connectivity index (χ3n) is 2.51. The number of hydrogen-bond acceptors (Lipinski definition) is 3. The van der Waals surface area contributed by atoms with E-state index >= 15 is 0 Å². The number of alkyl halides is 1. The number of nitro benzene ring substituents is 1. The third-order valence-corrected chi connectivity index (χ3v) is 3.56. The van der Waals surface area contributed by atoms with Crippen LogP contribution in [0.2, 0.25) is 0 Å². The Hall–Kier alpha value is -0.750. The molecule has 18 heavy (non-hydrogen) atoms. The fourth-order valence-corrected chi connectivity index (χ4v) is 2.21. The minimum atomic E-state index is -0.414. The van der Waals surface area contributed by atoms with E-state index in [4.69, 9.17) is 0 Å². The minimum absolute atomic E-state index is 0.0673. The quantitative estimate of drug-likeness (QED) is 0.408. The second-order valence-electron chi connectivity index (χ2n) is 3.86. The zero-order valence-electron chi connectivity index (χ0n) is 9.70. The molecule has 0 fully saturated rings. The molecule has 6 heteroatoms. The van der Waals surface area contributed by atoms with Gasteiger partial charge in [0.25, 0.3) is 5.69 Å². The monoisotopic (exact) mass is 377 g/mol. The molecule has 0 saturated heterocycles. The van der Waals surface area contributed by atoms with E-state index in [1.54, 1.807) is 12.1 Å².